The molecule has 3 rings (SSSR count). The molecule has 1 saturated heterocycles. The third kappa shape index (κ3) is 3.39. The molecule has 1 spiro atoms. The second-order valence-corrected chi connectivity index (χ2v) is 7.72. The minimum atomic E-state index is 0.796. The van der Waals surface area contributed by atoms with Gasteiger partial charge in [-0.15, -0.1) is 0 Å². The third-order valence-electron chi connectivity index (χ3n) is 6.55. The van der Waals surface area contributed by atoms with E-state index in [1.807, 2.05) is 0 Å². The molecule has 0 unspecified atom stereocenters. The van der Waals surface area contributed by atoms with Crippen LogP contribution in [0.1, 0.15) is 71.1 Å². The van der Waals surface area contributed by atoms with Gasteiger partial charge in [-0.1, -0.05) is 19.8 Å². The van der Waals surface area contributed by atoms with Crippen molar-refractivity contribution in [3.8, 4) is 0 Å². The van der Waals surface area contributed by atoms with Crippen molar-refractivity contribution in [1.29, 1.82) is 0 Å². The highest BCUT2D eigenvalue weighted by Gasteiger charge is 2.38. The molecule has 0 aromatic carbocycles. The summed E-state index contributed by atoms with van der Waals surface area (Å²) in [5.74, 6) is 0.957. The highest BCUT2D eigenvalue weighted by Crippen LogP contribution is 2.49. The summed E-state index contributed by atoms with van der Waals surface area (Å²) in [5, 5.41) is 3.50. The van der Waals surface area contributed by atoms with Crippen molar-refractivity contribution >= 4 is 0 Å². The van der Waals surface area contributed by atoms with Gasteiger partial charge in [-0.3, -0.25) is 0 Å². The van der Waals surface area contributed by atoms with Gasteiger partial charge in [-0.25, -0.2) is 0 Å². The van der Waals surface area contributed by atoms with Gasteiger partial charge >= 0.3 is 0 Å². The molecule has 1 heterocycles. The lowest BCUT2D eigenvalue weighted by Crippen LogP contribution is -2.44. The average Bonchev–Trinajstić information content (AvgIpc) is 2.95. The average molecular weight is 278 g/mol. The van der Waals surface area contributed by atoms with Crippen molar-refractivity contribution in [2.45, 2.75) is 77.2 Å². The van der Waals surface area contributed by atoms with Crippen LogP contribution < -0.4 is 5.32 Å². The van der Waals surface area contributed by atoms with Crippen LogP contribution in [0.4, 0.5) is 0 Å². The fourth-order valence-electron chi connectivity index (χ4n) is 5.14. The number of rotatable bonds is 4. The molecule has 0 radical (unpaired) electrons. The standard InChI is InChI=1S/C18H34N2/c1-2-20(15-16-7-13-19-14-8-16)17-5-11-18(12-6-17)9-3-4-10-18/h16-17,19H,2-15H2,1H3. The van der Waals surface area contributed by atoms with Crippen LogP contribution in [0.5, 0.6) is 0 Å². The molecule has 0 amide bonds. The van der Waals surface area contributed by atoms with Crippen molar-refractivity contribution in [3.05, 3.63) is 0 Å². The Morgan fingerprint density at radius 2 is 1.60 bits per heavy atom. The van der Waals surface area contributed by atoms with E-state index in [9.17, 15) is 0 Å². The van der Waals surface area contributed by atoms with Crippen LogP contribution in [0.2, 0.25) is 0 Å². The number of nitrogens with one attached hydrogen (secondary N) is 1. The van der Waals surface area contributed by atoms with Crippen LogP contribution in [-0.4, -0.2) is 37.1 Å². The first-order valence-corrected chi connectivity index (χ1v) is 9.26. The number of hydrogen-bond donors (Lipinski definition) is 1. The molecule has 2 nitrogen and oxygen atoms in total. The molecule has 3 aliphatic rings. The van der Waals surface area contributed by atoms with E-state index >= 15 is 0 Å². The van der Waals surface area contributed by atoms with E-state index in [0.29, 0.717) is 0 Å². The molecule has 2 heteroatoms. The van der Waals surface area contributed by atoms with Gasteiger partial charge in [0.15, 0.2) is 0 Å². The summed E-state index contributed by atoms with van der Waals surface area (Å²) >= 11 is 0. The summed E-state index contributed by atoms with van der Waals surface area (Å²) in [6, 6.07) is 0.904. The SMILES string of the molecule is CCN(CC1CCNCC1)C1CCC2(CCCC2)CC1. The molecule has 0 atom stereocenters. The summed E-state index contributed by atoms with van der Waals surface area (Å²) in [7, 11) is 0. The van der Waals surface area contributed by atoms with Gasteiger partial charge in [0, 0.05) is 12.6 Å². The van der Waals surface area contributed by atoms with Gasteiger partial charge in [-0.2, -0.15) is 0 Å². The lowest BCUT2D eigenvalue weighted by molar-refractivity contribution is 0.0788. The van der Waals surface area contributed by atoms with Crippen LogP contribution >= 0.6 is 0 Å². The first-order valence-electron chi connectivity index (χ1n) is 9.26. The number of piperidine rings is 1. The Kier molecular flexibility index (Phi) is 5.04. The Morgan fingerprint density at radius 1 is 0.950 bits per heavy atom. The van der Waals surface area contributed by atoms with Gasteiger partial charge in [0.25, 0.3) is 0 Å². The maximum Gasteiger partial charge on any atom is 0.00956 e. The Bertz CT molecular complexity index is 280. The van der Waals surface area contributed by atoms with Crippen molar-refractivity contribution in [2.24, 2.45) is 11.3 Å². The van der Waals surface area contributed by atoms with Gasteiger partial charge in [0.05, 0.1) is 0 Å². The second kappa shape index (κ2) is 6.79. The fourth-order valence-corrected chi connectivity index (χ4v) is 5.14. The van der Waals surface area contributed by atoms with Crippen molar-refractivity contribution < 1.29 is 0 Å². The molecule has 2 saturated carbocycles. The van der Waals surface area contributed by atoms with E-state index in [0.717, 1.165) is 17.4 Å². The van der Waals surface area contributed by atoms with E-state index in [1.165, 1.54) is 77.5 Å². The van der Waals surface area contributed by atoms with Crippen LogP contribution in [0, 0.1) is 11.3 Å². The highest BCUT2D eigenvalue weighted by atomic mass is 15.2. The zero-order chi connectivity index (χ0) is 13.8. The number of hydrogen-bond acceptors (Lipinski definition) is 2. The summed E-state index contributed by atoms with van der Waals surface area (Å²) in [5.41, 5.74) is 0.796. The lowest BCUT2D eigenvalue weighted by Gasteiger charge is -2.43. The Morgan fingerprint density at radius 3 is 2.20 bits per heavy atom. The Labute approximate surface area is 125 Å². The molecule has 0 aromatic heterocycles. The first-order chi connectivity index (χ1) is 9.81. The maximum absolute atomic E-state index is 3.50. The normalized spacial score (nSPS) is 28.5. The van der Waals surface area contributed by atoms with Crippen molar-refractivity contribution in [2.75, 3.05) is 26.2 Å². The number of nitrogens with zero attached hydrogens (tertiary/aromatic N) is 1. The molecular weight excluding hydrogens is 244 g/mol. The fraction of sp³-hybridized carbons (Fsp3) is 1.00. The lowest BCUT2D eigenvalue weighted by atomic mass is 9.71. The maximum atomic E-state index is 3.50. The summed E-state index contributed by atoms with van der Waals surface area (Å²) in [4.78, 5) is 2.83. The first kappa shape index (κ1) is 14.8. The molecule has 1 N–H and O–H groups in total. The van der Waals surface area contributed by atoms with E-state index < -0.39 is 0 Å². The van der Waals surface area contributed by atoms with Gasteiger partial charge in [-0.05, 0) is 82.3 Å². The monoisotopic (exact) mass is 278 g/mol. The summed E-state index contributed by atoms with van der Waals surface area (Å²) in [6.07, 6.45) is 14.9. The van der Waals surface area contributed by atoms with Crippen molar-refractivity contribution in [1.82, 2.24) is 10.2 Å². The Balaban J connectivity index is 1.49. The second-order valence-electron chi connectivity index (χ2n) is 7.72. The topological polar surface area (TPSA) is 15.3 Å². The smallest absolute Gasteiger partial charge is 0.00956 e. The van der Waals surface area contributed by atoms with Crippen LogP contribution in [-0.2, 0) is 0 Å². The van der Waals surface area contributed by atoms with Gasteiger partial charge in [0.1, 0.15) is 0 Å². The predicted molar refractivity (Wildman–Crippen MR) is 86.0 cm³/mol. The molecule has 20 heavy (non-hydrogen) atoms. The van der Waals surface area contributed by atoms with E-state index in [1.54, 1.807) is 12.8 Å². The third-order valence-corrected chi connectivity index (χ3v) is 6.55. The van der Waals surface area contributed by atoms with Gasteiger partial charge < -0.3 is 10.2 Å². The van der Waals surface area contributed by atoms with E-state index in [2.05, 4.69) is 17.1 Å². The van der Waals surface area contributed by atoms with E-state index in [-0.39, 0.29) is 0 Å². The zero-order valence-corrected chi connectivity index (χ0v) is 13.5. The van der Waals surface area contributed by atoms with Crippen LogP contribution in [0.15, 0.2) is 0 Å². The molecule has 0 bridgehead atoms. The molecule has 1 aliphatic heterocycles. The van der Waals surface area contributed by atoms with Gasteiger partial charge in [0.2, 0.25) is 0 Å². The summed E-state index contributed by atoms with van der Waals surface area (Å²) in [6.45, 7) is 7.50. The predicted octanol–water partition coefficient (Wildman–Crippen LogP) is 3.81. The van der Waals surface area contributed by atoms with E-state index in [4.69, 9.17) is 0 Å². The minimum absolute atomic E-state index is 0.796. The van der Waals surface area contributed by atoms with Crippen LogP contribution in [0.25, 0.3) is 0 Å². The highest BCUT2D eigenvalue weighted by molar-refractivity contribution is 4.92. The minimum Gasteiger partial charge on any atom is -0.317 e. The molecule has 3 fully saturated rings. The Hall–Kier alpha value is -0.0800. The molecule has 2 aliphatic carbocycles. The zero-order valence-electron chi connectivity index (χ0n) is 13.5. The quantitative estimate of drug-likeness (QED) is 0.841. The van der Waals surface area contributed by atoms with Crippen LogP contribution in [0.3, 0.4) is 0 Å². The summed E-state index contributed by atoms with van der Waals surface area (Å²) < 4.78 is 0. The van der Waals surface area contributed by atoms with Crippen molar-refractivity contribution in [3.63, 3.8) is 0 Å². The molecule has 0 aromatic rings. The largest absolute Gasteiger partial charge is 0.317 e. The molecular formula is C18H34N2. The molecule has 116 valence electrons.